The van der Waals surface area contributed by atoms with Gasteiger partial charge in [-0.25, -0.2) is 0 Å². The van der Waals surface area contributed by atoms with Crippen molar-refractivity contribution in [2.24, 2.45) is 17.8 Å². The summed E-state index contributed by atoms with van der Waals surface area (Å²) >= 11 is 0. The molecule has 15 heteroatoms. The number of β-amino-alcohol motifs (C(OH)–C–C–N with tert-alkyl or cyclic N) is 2. The largest absolute Gasteiger partial charge is 0.391 e. The van der Waals surface area contributed by atoms with E-state index in [0.29, 0.717) is 6.42 Å². The number of nitrogens with one attached hydrogen (secondary N) is 5. The summed E-state index contributed by atoms with van der Waals surface area (Å²) in [5.41, 5.74) is 8.78. The van der Waals surface area contributed by atoms with Crippen LogP contribution in [-0.2, 0) is 41.6 Å². The highest BCUT2D eigenvalue weighted by atomic mass is 16.3. The second-order valence-electron chi connectivity index (χ2n) is 23.1. The van der Waals surface area contributed by atoms with Gasteiger partial charge in [0.05, 0.1) is 30.3 Å². The maximum absolute atomic E-state index is 14.4. The van der Waals surface area contributed by atoms with Gasteiger partial charge in [-0.1, -0.05) is 113 Å². The Morgan fingerprint density at radius 3 is 1.39 bits per heavy atom. The highest BCUT2D eigenvalue weighted by Gasteiger charge is 2.46. The van der Waals surface area contributed by atoms with Crippen LogP contribution < -0.4 is 26.6 Å². The van der Waals surface area contributed by atoms with Gasteiger partial charge in [0, 0.05) is 31.8 Å². The van der Waals surface area contributed by atoms with Crippen LogP contribution >= 0.6 is 0 Å². The number of carbonyl (C=O) groups excluding carboxylic acids is 6. The molecule has 0 unspecified atom stereocenters. The molecule has 0 radical (unpaired) electrons. The number of likely N-dealkylation sites (tertiary alicyclic amines) is 2. The Bertz CT molecular complexity index is 2400. The first-order valence-corrected chi connectivity index (χ1v) is 28.9. The average Bonchev–Trinajstić information content (AvgIpc) is 4.05. The molecule has 2 aliphatic heterocycles. The molecule has 9 rings (SSSR count). The molecular weight excluding hydrogens is 959 g/mol. The normalized spacial score (nSPS) is 25.6. The lowest BCUT2D eigenvalue weighted by molar-refractivity contribution is -0.143. The summed E-state index contributed by atoms with van der Waals surface area (Å²) in [4.78, 5) is 86.9. The molecule has 410 valence electrons. The standard InChI is InChI=1S/C61H83N7O8/c1-5-36(2)56(71)65-54(40-16-8-6-9-17-40)60(75)67-34-42(69)32-52(67)58(73)63-50-26-14-22-46-44(20-12-24-48(46)50)38-28-30-39(31-29-38)45-21-13-25-49-47(45)23-15-27-51(49)64-59(74)53-33-43(70)35-68(53)61(76)55(41-18-10-7-11-19-41)66-57(72)37(3)62-4/h12-13,20-21,24-25,28-31,36-37,40-43,50-55,62,69-70H,5-11,14-19,22-23,26-27,32-35H2,1-4H3,(H,63,73)(H,64,74)(H,65,71)(H,66,72)/t36-,37+,42+,43+,50-,51-,52+,53+,54+,55+/m1/s1. The Morgan fingerprint density at radius 1 is 0.566 bits per heavy atom. The third-order valence-corrected chi connectivity index (χ3v) is 18.1. The molecule has 2 saturated carbocycles. The molecule has 0 spiro atoms. The van der Waals surface area contributed by atoms with Gasteiger partial charge < -0.3 is 46.6 Å². The summed E-state index contributed by atoms with van der Waals surface area (Å²) in [6, 6.07) is 16.9. The van der Waals surface area contributed by atoms with Gasteiger partial charge in [-0.2, -0.15) is 0 Å². The predicted octanol–water partition coefficient (Wildman–Crippen LogP) is 6.72. The van der Waals surface area contributed by atoms with Gasteiger partial charge in [0.25, 0.3) is 0 Å². The highest BCUT2D eigenvalue weighted by Crippen LogP contribution is 2.41. The fourth-order valence-electron chi connectivity index (χ4n) is 13.5. The quantitative estimate of drug-likeness (QED) is 0.0812. The molecule has 7 N–H and O–H groups in total. The van der Waals surface area contributed by atoms with Crippen molar-refractivity contribution in [3.63, 3.8) is 0 Å². The van der Waals surface area contributed by atoms with E-state index in [1.165, 1.54) is 20.9 Å². The number of aliphatic hydroxyl groups is 2. The van der Waals surface area contributed by atoms with Crippen LogP contribution in [0.1, 0.15) is 164 Å². The first-order chi connectivity index (χ1) is 36.7. The molecular formula is C61H83N7O8. The van der Waals surface area contributed by atoms with Crippen LogP contribution in [0.3, 0.4) is 0 Å². The molecule has 3 aromatic rings. The summed E-state index contributed by atoms with van der Waals surface area (Å²) in [7, 11) is 1.71. The lowest BCUT2D eigenvalue weighted by Gasteiger charge is -2.35. The Hall–Kier alpha value is -5.64. The predicted molar refractivity (Wildman–Crippen MR) is 292 cm³/mol. The molecule has 4 fully saturated rings. The van der Waals surface area contributed by atoms with E-state index in [2.05, 4.69) is 75.1 Å². The lowest BCUT2D eigenvalue weighted by atomic mass is 9.81. The molecule has 2 heterocycles. The average molecular weight is 1040 g/mol. The fourth-order valence-corrected chi connectivity index (χ4v) is 13.5. The number of hydrogen-bond acceptors (Lipinski definition) is 9. The zero-order valence-electron chi connectivity index (χ0n) is 45.3. The Morgan fingerprint density at radius 2 is 0.987 bits per heavy atom. The summed E-state index contributed by atoms with van der Waals surface area (Å²) in [6.45, 7) is 5.67. The van der Waals surface area contributed by atoms with E-state index >= 15 is 0 Å². The fraction of sp³-hybridized carbons (Fsp3) is 0.607. The number of carbonyl (C=O) groups is 6. The van der Waals surface area contributed by atoms with E-state index in [0.717, 1.165) is 136 Å². The molecule has 0 aromatic heterocycles. The second-order valence-corrected chi connectivity index (χ2v) is 23.1. The molecule has 4 aliphatic carbocycles. The Labute approximate surface area is 449 Å². The lowest BCUT2D eigenvalue weighted by Crippen LogP contribution is -2.58. The van der Waals surface area contributed by atoms with Crippen LogP contribution in [0.15, 0.2) is 60.7 Å². The molecule has 6 aliphatic rings. The maximum atomic E-state index is 14.4. The number of benzene rings is 3. The Kier molecular flexibility index (Phi) is 18.0. The monoisotopic (exact) mass is 1040 g/mol. The van der Waals surface area contributed by atoms with Crippen LogP contribution in [0.5, 0.6) is 0 Å². The van der Waals surface area contributed by atoms with Crippen molar-refractivity contribution in [2.45, 2.75) is 197 Å². The van der Waals surface area contributed by atoms with Crippen LogP contribution in [0, 0.1) is 17.8 Å². The topological polar surface area (TPSA) is 210 Å². The molecule has 2 saturated heterocycles. The molecule has 15 nitrogen and oxygen atoms in total. The second kappa shape index (κ2) is 24.8. The van der Waals surface area contributed by atoms with E-state index in [-0.39, 0.29) is 91.2 Å². The van der Waals surface area contributed by atoms with Crippen molar-refractivity contribution in [3.8, 4) is 22.3 Å². The number of amides is 6. The van der Waals surface area contributed by atoms with Crippen molar-refractivity contribution in [3.05, 3.63) is 82.9 Å². The zero-order valence-corrected chi connectivity index (χ0v) is 45.3. The first kappa shape index (κ1) is 55.1. The number of nitrogens with zero attached hydrogens (tertiary/aromatic N) is 2. The van der Waals surface area contributed by atoms with Crippen LogP contribution in [0.4, 0.5) is 0 Å². The van der Waals surface area contributed by atoms with E-state index in [1.54, 1.807) is 14.0 Å². The number of hydrogen-bond donors (Lipinski definition) is 7. The molecule has 0 bridgehead atoms. The molecule has 76 heavy (non-hydrogen) atoms. The van der Waals surface area contributed by atoms with Crippen molar-refractivity contribution < 1.29 is 39.0 Å². The van der Waals surface area contributed by atoms with Crippen LogP contribution in [0.25, 0.3) is 22.3 Å². The van der Waals surface area contributed by atoms with Crippen molar-refractivity contribution >= 4 is 35.4 Å². The van der Waals surface area contributed by atoms with Gasteiger partial charge in [0.15, 0.2) is 0 Å². The molecule has 10 atom stereocenters. The number of likely N-dealkylation sites (N-methyl/N-ethyl adjacent to an activating group) is 1. The maximum Gasteiger partial charge on any atom is 0.246 e. The minimum atomic E-state index is -0.856. The third-order valence-electron chi connectivity index (χ3n) is 18.1. The summed E-state index contributed by atoms with van der Waals surface area (Å²) < 4.78 is 0. The minimum absolute atomic E-state index is 0.00891. The zero-order chi connectivity index (χ0) is 53.6. The van der Waals surface area contributed by atoms with Gasteiger partial charge in [0.1, 0.15) is 24.2 Å². The third kappa shape index (κ3) is 12.1. The SMILES string of the molecule is CC[C@@H](C)C(=O)N[C@H](C(=O)N1C[C@@H](O)C[C@H]1C(=O)N[C@@H]1CCCc2c(-c3ccc(-c4cccc5c4CCC[C@H]5NC(=O)[C@@H]4C[C@H](O)CN4C(=O)[C@@H](NC(=O)[C@H](C)NC)C4CCCCC4)cc3)cccc21)C1CCCCC1. The number of fused-ring (bicyclic) bond motifs is 2. The van der Waals surface area contributed by atoms with Gasteiger partial charge in [0.2, 0.25) is 35.4 Å². The summed E-state index contributed by atoms with van der Waals surface area (Å²) in [6.07, 6.45) is 13.6. The first-order valence-electron chi connectivity index (χ1n) is 28.9. The van der Waals surface area contributed by atoms with Gasteiger partial charge in [-0.3, -0.25) is 28.8 Å². The van der Waals surface area contributed by atoms with Crippen LogP contribution in [0.2, 0.25) is 0 Å². The summed E-state index contributed by atoms with van der Waals surface area (Å²) in [5, 5.41) is 37.5. The molecule has 3 aromatic carbocycles. The van der Waals surface area contributed by atoms with E-state index in [1.807, 2.05) is 26.0 Å². The van der Waals surface area contributed by atoms with Crippen molar-refractivity contribution in [2.75, 3.05) is 20.1 Å². The Balaban J connectivity index is 0.884. The van der Waals surface area contributed by atoms with E-state index in [9.17, 15) is 39.0 Å². The minimum Gasteiger partial charge on any atom is -0.391 e. The highest BCUT2D eigenvalue weighted by molar-refractivity contribution is 5.95. The van der Waals surface area contributed by atoms with Crippen molar-refractivity contribution in [1.29, 1.82) is 0 Å². The van der Waals surface area contributed by atoms with Gasteiger partial charge in [-0.15, -0.1) is 0 Å². The summed E-state index contributed by atoms with van der Waals surface area (Å²) in [5.74, 6) is -1.85. The van der Waals surface area contributed by atoms with Crippen molar-refractivity contribution in [1.82, 2.24) is 36.4 Å². The van der Waals surface area contributed by atoms with Gasteiger partial charge in [-0.05, 0) is 141 Å². The van der Waals surface area contributed by atoms with Gasteiger partial charge >= 0.3 is 0 Å². The smallest absolute Gasteiger partial charge is 0.246 e. The van der Waals surface area contributed by atoms with E-state index < -0.39 is 42.4 Å². The van der Waals surface area contributed by atoms with E-state index in [4.69, 9.17) is 0 Å². The van der Waals surface area contributed by atoms with Crippen LogP contribution in [-0.4, -0.2) is 118 Å². The molecule has 6 amide bonds. The number of rotatable bonds is 16. The number of aliphatic hydroxyl groups excluding tert-OH is 2.